The predicted molar refractivity (Wildman–Crippen MR) is 129 cm³/mol. The number of aromatic nitrogens is 5. The van der Waals surface area contributed by atoms with E-state index in [2.05, 4.69) is 34.9 Å². The minimum atomic E-state index is -0.273. The summed E-state index contributed by atoms with van der Waals surface area (Å²) in [6.45, 7) is 6.90. The van der Waals surface area contributed by atoms with Crippen molar-refractivity contribution in [3.8, 4) is 5.75 Å². The molecular weight excluding hydrogens is 420 g/mol. The lowest BCUT2D eigenvalue weighted by Gasteiger charge is -2.26. The number of benzene rings is 1. The summed E-state index contributed by atoms with van der Waals surface area (Å²) in [5.41, 5.74) is 2.83. The fraction of sp³-hybridized carbons (Fsp3) is 0.417. The Morgan fingerprint density at radius 3 is 2.48 bits per heavy atom. The van der Waals surface area contributed by atoms with Crippen LogP contribution in [0.5, 0.6) is 5.75 Å². The van der Waals surface area contributed by atoms with Gasteiger partial charge in [0.25, 0.3) is 0 Å². The fourth-order valence-electron chi connectivity index (χ4n) is 3.76. The zero-order valence-corrected chi connectivity index (χ0v) is 18.9. The number of rotatable bonds is 9. The van der Waals surface area contributed by atoms with E-state index in [4.69, 9.17) is 14.5 Å². The molecule has 0 atom stereocenters. The number of hydrogen-bond acceptors (Lipinski definition) is 7. The molecule has 0 N–H and O–H groups in total. The Morgan fingerprint density at radius 2 is 1.82 bits per heavy atom. The van der Waals surface area contributed by atoms with Crippen molar-refractivity contribution in [2.45, 2.75) is 40.4 Å². The number of pyridine rings is 1. The lowest BCUT2D eigenvalue weighted by molar-refractivity contribution is 0.125. The number of hydrogen-bond donors (Lipinski definition) is 0. The molecule has 1 aromatic carbocycles. The maximum absolute atomic E-state index is 13.1. The molecule has 33 heavy (non-hydrogen) atoms. The molecule has 3 heterocycles. The molecule has 0 radical (unpaired) electrons. The molecule has 0 aliphatic carbocycles. The molecule has 3 aromatic heterocycles. The van der Waals surface area contributed by atoms with E-state index in [1.165, 1.54) is 10.8 Å². The molecule has 0 aliphatic rings. The molecule has 0 unspecified atom stereocenters. The van der Waals surface area contributed by atoms with Crippen molar-refractivity contribution in [1.29, 1.82) is 0 Å². The van der Waals surface area contributed by atoms with E-state index in [1.54, 1.807) is 18.8 Å². The Morgan fingerprint density at radius 1 is 1.06 bits per heavy atom. The first-order chi connectivity index (χ1) is 15.5. The van der Waals surface area contributed by atoms with Crippen LogP contribution in [0.3, 0.4) is 0 Å². The summed E-state index contributed by atoms with van der Waals surface area (Å²) in [6, 6.07) is 10.0. The summed E-state index contributed by atoms with van der Waals surface area (Å²) in [5, 5.41) is 4.95. The summed E-state index contributed by atoms with van der Waals surface area (Å²) >= 11 is 0. The van der Waals surface area contributed by atoms with Crippen molar-refractivity contribution in [3.63, 3.8) is 0 Å². The third-order valence-corrected chi connectivity index (χ3v) is 5.58. The average Bonchev–Trinajstić information content (AvgIpc) is 3.30. The summed E-state index contributed by atoms with van der Waals surface area (Å²) in [6.07, 6.45) is 3.24. The summed E-state index contributed by atoms with van der Waals surface area (Å²) in [7, 11) is 3.34. The minimum absolute atomic E-state index is 0. The fourth-order valence-corrected chi connectivity index (χ4v) is 3.76. The molecule has 4 aromatic rings. The molecule has 4 rings (SSSR count). The lowest BCUT2D eigenvalue weighted by atomic mass is 10.2. The van der Waals surface area contributed by atoms with Crippen molar-refractivity contribution in [3.05, 3.63) is 64.5 Å². The SMILES string of the molecule is C.COCCN(Cc1cnc2c(c1)c1ncnn1c(=O)n2Cc1ccc(OC)cc1)C(C)C. The average molecular weight is 453 g/mol. The highest BCUT2D eigenvalue weighted by molar-refractivity contribution is 5.89. The van der Waals surface area contributed by atoms with Crippen molar-refractivity contribution < 1.29 is 9.47 Å². The zero-order chi connectivity index (χ0) is 22.7. The zero-order valence-electron chi connectivity index (χ0n) is 18.9. The van der Waals surface area contributed by atoms with Crippen molar-refractivity contribution in [2.24, 2.45) is 0 Å². The summed E-state index contributed by atoms with van der Waals surface area (Å²) < 4.78 is 13.5. The highest BCUT2D eigenvalue weighted by Gasteiger charge is 2.16. The molecule has 0 spiro atoms. The smallest absolute Gasteiger partial charge is 0.352 e. The van der Waals surface area contributed by atoms with Gasteiger partial charge in [0.1, 0.15) is 17.7 Å². The van der Waals surface area contributed by atoms with Gasteiger partial charge in [-0.25, -0.2) is 14.8 Å². The van der Waals surface area contributed by atoms with Gasteiger partial charge in [0.05, 0.1) is 25.6 Å². The third-order valence-electron chi connectivity index (χ3n) is 5.58. The van der Waals surface area contributed by atoms with Crippen LogP contribution >= 0.6 is 0 Å². The van der Waals surface area contributed by atoms with E-state index < -0.39 is 0 Å². The second kappa shape index (κ2) is 10.5. The van der Waals surface area contributed by atoms with E-state index >= 15 is 0 Å². The minimum Gasteiger partial charge on any atom is -0.497 e. The molecule has 0 saturated carbocycles. The van der Waals surface area contributed by atoms with E-state index in [9.17, 15) is 4.79 Å². The van der Waals surface area contributed by atoms with Crippen LogP contribution in [0, 0.1) is 0 Å². The van der Waals surface area contributed by atoms with Gasteiger partial charge in [-0.15, -0.1) is 0 Å². The van der Waals surface area contributed by atoms with Crippen LogP contribution in [0.4, 0.5) is 0 Å². The molecule has 176 valence electrons. The van der Waals surface area contributed by atoms with Gasteiger partial charge in [-0.2, -0.15) is 9.61 Å². The van der Waals surface area contributed by atoms with Gasteiger partial charge in [0.15, 0.2) is 5.65 Å². The molecule has 0 aliphatic heterocycles. The first-order valence-electron chi connectivity index (χ1n) is 10.6. The van der Waals surface area contributed by atoms with Gasteiger partial charge in [-0.3, -0.25) is 9.47 Å². The molecule has 0 fully saturated rings. The molecule has 9 nitrogen and oxygen atoms in total. The Hall–Kier alpha value is -3.30. The number of ether oxygens (including phenoxy) is 2. The second-order valence-electron chi connectivity index (χ2n) is 7.98. The number of methoxy groups -OCH3 is 2. The van der Waals surface area contributed by atoms with Crippen LogP contribution in [0.1, 0.15) is 32.4 Å². The Kier molecular flexibility index (Phi) is 7.78. The van der Waals surface area contributed by atoms with E-state index in [1.807, 2.05) is 30.5 Å². The first-order valence-corrected chi connectivity index (χ1v) is 10.6. The largest absolute Gasteiger partial charge is 0.497 e. The van der Waals surface area contributed by atoms with Crippen LogP contribution in [-0.4, -0.2) is 62.5 Å². The first kappa shape index (κ1) is 24.3. The number of fused-ring (bicyclic) bond motifs is 3. The van der Waals surface area contributed by atoms with Gasteiger partial charge in [0, 0.05) is 32.4 Å². The third kappa shape index (κ3) is 5.04. The number of nitrogens with zero attached hydrogens (tertiary/aromatic N) is 6. The second-order valence-corrected chi connectivity index (χ2v) is 7.98. The Labute approximate surface area is 193 Å². The van der Waals surface area contributed by atoms with Crippen LogP contribution in [0.25, 0.3) is 16.7 Å². The normalized spacial score (nSPS) is 11.5. The summed E-state index contributed by atoms with van der Waals surface area (Å²) in [4.78, 5) is 24.5. The molecule has 9 heteroatoms. The van der Waals surface area contributed by atoms with Crippen molar-refractivity contribution >= 4 is 16.7 Å². The highest BCUT2D eigenvalue weighted by atomic mass is 16.5. The van der Waals surface area contributed by atoms with E-state index in [0.717, 1.165) is 35.4 Å². The topological polar surface area (TPSA) is 86.8 Å². The molecule has 0 saturated heterocycles. The van der Waals surface area contributed by atoms with Gasteiger partial charge in [0.2, 0.25) is 0 Å². The highest BCUT2D eigenvalue weighted by Crippen LogP contribution is 2.20. The molecular formula is C24H32N6O3. The Balaban J connectivity index is 0.00000306. The van der Waals surface area contributed by atoms with Crippen molar-refractivity contribution in [1.82, 2.24) is 29.0 Å². The Bertz CT molecular complexity index is 1260. The van der Waals surface area contributed by atoms with Gasteiger partial charge in [-0.05, 0) is 43.2 Å². The predicted octanol–water partition coefficient (Wildman–Crippen LogP) is 2.99. The molecule has 0 amide bonds. The van der Waals surface area contributed by atoms with E-state index in [0.29, 0.717) is 30.5 Å². The molecule has 0 bridgehead atoms. The van der Waals surface area contributed by atoms with Crippen molar-refractivity contribution in [2.75, 3.05) is 27.4 Å². The van der Waals surface area contributed by atoms with Gasteiger partial charge in [-0.1, -0.05) is 19.6 Å². The van der Waals surface area contributed by atoms with Crippen LogP contribution < -0.4 is 10.4 Å². The van der Waals surface area contributed by atoms with Gasteiger partial charge >= 0.3 is 5.69 Å². The van der Waals surface area contributed by atoms with Gasteiger partial charge < -0.3 is 9.47 Å². The summed E-state index contributed by atoms with van der Waals surface area (Å²) in [5.74, 6) is 0.767. The maximum Gasteiger partial charge on any atom is 0.352 e. The van der Waals surface area contributed by atoms with Crippen LogP contribution in [0.15, 0.2) is 47.7 Å². The van der Waals surface area contributed by atoms with E-state index in [-0.39, 0.29) is 13.1 Å². The standard InChI is InChI=1S/C23H28N6O3.CH4/c1-16(2)27(9-10-31-3)13-18-11-20-21(24-12-18)28(23(30)29-22(20)25-15-26-29)14-17-5-7-19(32-4)8-6-17;/h5-8,11-12,15-16H,9-10,13-14H2,1-4H3;1H4. The maximum atomic E-state index is 13.1. The lowest BCUT2D eigenvalue weighted by Crippen LogP contribution is -2.33. The van der Waals surface area contributed by atoms with Crippen LogP contribution in [0.2, 0.25) is 0 Å². The monoisotopic (exact) mass is 452 g/mol. The van der Waals surface area contributed by atoms with Crippen LogP contribution in [-0.2, 0) is 17.8 Å². The quantitative estimate of drug-likeness (QED) is 0.386.